The molecule has 5 heteroatoms. The van der Waals surface area contributed by atoms with Crippen LogP contribution >= 0.6 is 0 Å². The van der Waals surface area contributed by atoms with E-state index in [9.17, 15) is 10.1 Å². The number of nitrogen functional groups attached to an aromatic ring is 1. The van der Waals surface area contributed by atoms with Crippen molar-refractivity contribution in [1.82, 2.24) is 0 Å². The van der Waals surface area contributed by atoms with Crippen molar-refractivity contribution < 1.29 is 4.92 Å². The summed E-state index contributed by atoms with van der Waals surface area (Å²) >= 11 is 0. The molecule has 108 valence electrons. The van der Waals surface area contributed by atoms with E-state index < -0.39 is 0 Å². The summed E-state index contributed by atoms with van der Waals surface area (Å²) in [6, 6.07) is 11.1. The molecule has 0 atom stereocenters. The van der Waals surface area contributed by atoms with Crippen molar-refractivity contribution in [2.75, 3.05) is 17.2 Å². The monoisotopic (exact) mass is 283 g/mol. The van der Waals surface area contributed by atoms with Gasteiger partial charge < -0.3 is 10.6 Å². The van der Waals surface area contributed by atoms with Gasteiger partial charge in [0.15, 0.2) is 0 Å². The SMILES string of the molecule is Cc1cccc([N+](=O)[O-])c1N1CCc2cccc(N)c2C1. The molecule has 5 nitrogen and oxygen atoms in total. The van der Waals surface area contributed by atoms with E-state index in [4.69, 9.17) is 5.73 Å². The Hall–Kier alpha value is -2.56. The molecule has 0 fully saturated rings. The Labute approximate surface area is 123 Å². The Bertz CT molecular complexity index is 713. The van der Waals surface area contributed by atoms with Gasteiger partial charge in [0.1, 0.15) is 5.69 Å². The number of para-hydroxylation sites is 1. The van der Waals surface area contributed by atoms with E-state index >= 15 is 0 Å². The highest BCUT2D eigenvalue weighted by Crippen LogP contribution is 2.35. The molecule has 0 spiro atoms. The first-order chi connectivity index (χ1) is 10.1. The van der Waals surface area contributed by atoms with Gasteiger partial charge in [-0.05, 0) is 36.1 Å². The number of nitrogens with zero attached hydrogens (tertiary/aromatic N) is 2. The highest BCUT2D eigenvalue weighted by molar-refractivity contribution is 5.69. The van der Waals surface area contributed by atoms with E-state index in [-0.39, 0.29) is 10.6 Å². The molecule has 0 unspecified atom stereocenters. The lowest BCUT2D eigenvalue weighted by Crippen LogP contribution is -2.32. The average Bonchev–Trinajstić information content (AvgIpc) is 2.47. The fourth-order valence-electron chi connectivity index (χ4n) is 3.00. The highest BCUT2D eigenvalue weighted by Gasteiger charge is 2.25. The van der Waals surface area contributed by atoms with Crippen molar-refractivity contribution in [3.05, 3.63) is 63.2 Å². The zero-order chi connectivity index (χ0) is 15.0. The van der Waals surface area contributed by atoms with Gasteiger partial charge >= 0.3 is 0 Å². The van der Waals surface area contributed by atoms with Gasteiger partial charge in [0, 0.05) is 24.8 Å². The molecule has 1 aliphatic rings. The molecule has 0 bridgehead atoms. The summed E-state index contributed by atoms with van der Waals surface area (Å²) < 4.78 is 0. The Balaban J connectivity index is 2.04. The fraction of sp³-hybridized carbons (Fsp3) is 0.250. The van der Waals surface area contributed by atoms with Crippen molar-refractivity contribution in [2.45, 2.75) is 19.9 Å². The largest absolute Gasteiger partial charge is 0.398 e. The summed E-state index contributed by atoms with van der Waals surface area (Å²) in [5.41, 5.74) is 10.9. The van der Waals surface area contributed by atoms with Crippen LogP contribution < -0.4 is 10.6 Å². The first-order valence-corrected chi connectivity index (χ1v) is 6.93. The standard InChI is InChI=1S/C16H17N3O2/c1-11-4-2-7-15(19(20)21)16(11)18-9-8-12-5-3-6-14(17)13(12)10-18/h2-7H,8-10,17H2,1H3. The molecule has 2 aromatic rings. The molecule has 2 N–H and O–H groups in total. The Kier molecular flexibility index (Phi) is 3.25. The Morgan fingerprint density at radius 1 is 1.24 bits per heavy atom. The maximum atomic E-state index is 11.3. The van der Waals surface area contributed by atoms with Crippen molar-refractivity contribution in [3.63, 3.8) is 0 Å². The van der Waals surface area contributed by atoms with Gasteiger partial charge in [-0.15, -0.1) is 0 Å². The normalized spacial score (nSPS) is 13.9. The molecule has 1 heterocycles. The predicted molar refractivity (Wildman–Crippen MR) is 83.4 cm³/mol. The van der Waals surface area contributed by atoms with Gasteiger partial charge in [-0.1, -0.05) is 24.3 Å². The smallest absolute Gasteiger partial charge is 0.292 e. The zero-order valence-electron chi connectivity index (χ0n) is 11.9. The van der Waals surface area contributed by atoms with Gasteiger partial charge in [-0.3, -0.25) is 10.1 Å². The minimum Gasteiger partial charge on any atom is -0.398 e. The molecule has 1 aliphatic heterocycles. The predicted octanol–water partition coefficient (Wildman–Crippen LogP) is 3.05. The van der Waals surface area contributed by atoms with Crippen LogP contribution in [0.25, 0.3) is 0 Å². The maximum Gasteiger partial charge on any atom is 0.292 e. The molecular formula is C16H17N3O2. The Morgan fingerprint density at radius 2 is 2.00 bits per heavy atom. The van der Waals surface area contributed by atoms with E-state index in [2.05, 4.69) is 11.0 Å². The molecule has 0 saturated heterocycles. The number of nitro groups is 1. The summed E-state index contributed by atoms with van der Waals surface area (Å²) in [5.74, 6) is 0. The lowest BCUT2D eigenvalue weighted by molar-refractivity contribution is -0.384. The van der Waals surface area contributed by atoms with E-state index in [1.54, 1.807) is 12.1 Å². The third kappa shape index (κ3) is 2.31. The summed E-state index contributed by atoms with van der Waals surface area (Å²) in [5, 5.41) is 11.3. The van der Waals surface area contributed by atoms with Crippen LogP contribution in [0, 0.1) is 17.0 Å². The van der Waals surface area contributed by atoms with Crippen LogP contribution in [0.4, 0.5) is 17.1 Å². The minimum atomic E-state index is -0.313. The van der Waals surface area contributed by atoms with Gasteiger partial charge in [-0.25, -0.2) is 0 Å². The molecule has 0 aliphatic carbocycles. The number of fused-ring (bicyclic) bond motifs is 1. The first-order valence-electron chi connectivity index (χ1n) is 6.93. The third-order valence-corrected chi connectivity index (χ3v) is 4.04. The maximum absolute atomic E-state index is 11.3. The average molecular weight is 283 g/mol. The summed E-state index contributed by atoms with van der Waals surface area (Å²) in [6.07, 6.45) is 0.853. The number of hydrogen-bond acceptors (Lipinski definition) is 4. The van der Waals surface area contributed by atoms with Crippen LogP contribution in [0.3, 0.4) is 0 Å². The van der Waals surface area contributed by atoms with Crippen LogP contribution in [-0.2, 0) is 13.0 Å². The second-order valence-corrected chi connectivity index (χ2v) is 5.36. The summed E-state index contributed by atoms with van der Waals surface area (Å²) in [4.78, 5) is 13.0. The quantitative estimate of drug-likeness (QED) is 0.522. The first kappa shape index (κ1) is 13.4. The van der Waals surface area contributed by atoms with E-state index in [0.717, 1.165) is 29.8 Å². The number of anilines is 2. The van der Waals surface area contributed by atoms with Crippen LogP contribution in [0.5, 0.6) is 0 Å². The van der Waals surface area contributed by atoms with Gasteiger partial charge in [0.2, 0.25) is 0 Å². The van der Waals surface area contributed by atoms with Gasteiger partial charge in [0.25, 0.3) is 5.69 Å². The second kappa shape index (κ2) is 5.09. The zero-order valence-corrected chi connectivity index (χ0v) is 11.9. The topological polar surface area (TPSA) is 72.4 Å². The lowest BCUT2D eigenvalue weighted by atomic mass is 9.97. The number of aryl methyl sites for hydroxylation is 1. The number of benzene rings is 2. The number of nitrogens with two attached hydrogens (primary N) is 1. The second-order valence-electron chi connectivity index (χ2n) is 5.36. The fourth-order valence-corrected chi connectivity index (χ4v) is 3.00. The minimum absolute atomic E-state index is 0.160. The van der Waals surface area contributed by atoms with Gasteiger partial charge in [-0.2, -0.15) is 0 Å². The highest BCUT2D eigenvalue weighted by atomic mass is 16.6. The number of nitro benzene ring substituents is 1. The van der Waals surface area contributed by atoms with Crippen LogP contribution in [-0.4, -0.2) is 11.5 Å². The van der Waals surface area contributed by atoms with Crippen molar-refractivity contribution in [2.24, 2.45) is 0 Å². The van der Waals surface area contributed by atoms with Crippen LogP contribution in [0.15, 0.2) is 36.4 Å². The molecule has 21 heavy (non-hydrogen) atoms. The molecule has 0 saturated carbocycles. The Morgan fingerprint density at radius 3 is 2.76 bits per heavy atom. The molecule has 0 amide bonds. The van der Waals surface area contributed by atoms with Crippen molar-refractivity contribution in [1.29, 1.82) is 0 Å². The van der Waals surface area contributed by atoms with E-state index in [1.165, 1.54) is 5.56 Å². The number of rotatable bonds is 2. The third-order valence-electron chi connectivity index (χ3n) is 4.04. The van der Waals surface area contributed by atoms with E-state index in [0.29, 0.717) is 12.2 Å². The lowest BCUT2D eigenvalue weighted by Gasteiger charge is -2.32. The molecule has 2 aromatic carbocycles. The molecule has 0 radical (unpaired) electrons. The summed E-state index contributed by atoms with van der Waals surface area (Å²) in [6.45, 7) is 3.29. The van der Waals surface area contributed by atoms with Crippen molar-refractivity contribution in [3.8, 4) is 0 Å². The van der Waals surface area contributed by atoms with E-state index in [1.807, 2.05) is 25.1 Å². The number of hydrogen-bond donors (Lipinski definition) is 1. The van der Waals surface area contributed by atoms with Crippen molar-refractivity contribution >= 4 is 17.1 Å². The molecular weight excluding hydrogens is 266 g/mol. The van der Waals surface area contributed by atoms with Gasteiger partial charge in [0.05, 0.1) is 4.92 Å². The van der Waals surface area contributed by atoms with Crippen LogP contribution in [0.1, 0.15) is 16.7 Å². The molecule has 3 rings (SSSR count). The van der Waals surface area contributed by atoms with Crippen LogP contribution in [0.2, 0.25) is 0 Å². The molecule has 0 aromatic heterocycles. The summed E-state index contributed by atoms with van der Waals surface area (Å²) in [7, 11) is 0.